The fourth-order valence-electron chi connectivity index (χ4n) is 2.03. The van der Waals surface area contributed by atoms with Gasteiger partial charge in [-0.1, -0.05) is 25.1 Å². The highest BCUT2D eigenvalue weighted by atomic mass is 14.5. The van der Waals surface area contributed by atoms with Gasteiger partial charge in [-0.3, -0.25) is 0 Å². The molecular formula is C12H17N. The predicted octanol–water partition coefficient (Wildman–Crippen LogP) is 2.24. The molecule has 1 aromatic carbocycles. The van der Waals surface area contributed by atoms with Gasteiger partial charge in [-0.05, 0) is 48.4 Å². The molecule has 1 aliphatic rings. The van der Waals surface area contributed by atoms with Gasteiger partial charge in [0.05, 0.1) is 0 Å². The second-order valence-electron chi connectivity index (χ2n) is 4.02. The van der Waals surface area contributed by atoms with Crippen LogP contribution in [0.1, 0.15) is 36.0 Å². The van der Waals surface area contributed by atoms with Gasteiger partial charge in [0.1, 0.15) is 0 Å². The predicted molar refractivity (Wildman–Crippen MR) is 55.9 cm³/mol. The minimum Gasteiger partial charge on any atom is -0.330 e. The molecular weight excluding hydrogens is 158 g/mol. The highest BCUT2D eigenvalue weighted by Crippen LogP contribution is 2.25. The monoisotopic (exact) mass is 175 g/mol. The highest BCUT2D eigenvalue weighted by Gasteiger charge is 2.12. The Balaban J connectivity index is 2.30. The number of rotatable bonds is 2. The molecule has 0 radical (unpaired) electrons. The number of benzene rings is 1. The van der Waals surface area contributed by atoms with Gasteiger partial charge in [-0.25, -0.2) is 0 Å². The van der Waals surface area contributed by atoms with Crippen molar-refractivity contribution in [2.45, 2.75) is 32.1 Å². The van der Waals surface area contributed by atoms with E-state index in [1.807, 2.05) is 0 Å². The van der Waals surface area contributed by atoms with Crippen molar-refractivity contribution in [1.29, 1.82) is 0 Å². The molecule has 0 saturated heterocycles. The Morgan fingerprint density at radius 1 is 1.31 bits per heavy atom. The van der Waals surface area contributed by atoms with E-state index in [0.717, 1.165) is 6.54 Å². The molecule has 0 amide bonds. The first-order chi connectivity index (χ1) is 6.31. The van der Waals surface area contributed by atoms with Crippen molar-refractivity contribution in [3.63, 3.8) is 0 Å². The first-order valence-electron chi connectivity index (χ1n) is 5.13. The summed E-state index contributed by atoms with van der Waals surface area (Å²) >= 11 is 0. The normalized spacial score (nSPS) is 17.1. The van der Waals surface area contributed by atoms with Crippen LogP contribution in [0.2, 0.25) is 0 Å². The molecule has 1 nitrogen and oxygen atoms in total. The second kappa shape index (κ2) is 3.51. The summed E-state index contributed by atoms with van der Waals surface area (Å²) in [6, 6.07) is 6.87. The molecule has 1 atom stereocenters. The van der Waals surface area contributed by atoms with E-state index in [1.165, 1.54) is 24.8 Å². The van der Waals surface area contributed by atoms with Crippen LogP contribution in [-0.4, -0.2) is 6.54 Å². The van der Waals surface area contributed by atoms with Crippen molar-refractivity contribution in [3.8, 4) is 0 Å². The van der Waals surface area contributed by atoms with E-state index in [4.69, 9.17) is 5.73 Å². The highest BCUT2D eigenvalue weighted by molar-refractivity contribution is 5.36. The Bertz CT molecular complexity index is 304. The van der Waals surface area contributed by atoms with E-state index in [0.29, 0.717) is 5.92 Å². The summed E-state index contributed by atoms with van der Waals surface area (Å²) in [6.45, 7) is 2.94. The molecule has 0 heterocycles. The topological polar surface area (TPSA) is 26.0 Å². The fourth-order valence-corrected chi connectivity index (χ4v) is 2.03. The van der Waals surface area contributed by atoms with E-state index in [-0.39, 0.29) is 0 Å². The zero-order valence-electron chi connectivity index (χ0n) is 8.22. The summed E-state index contributed by atoms with van der Waals surface area (Å²) in [4.78, 5) is 0. The number of fused-ring (bicyclic) bond motifs is 1. The Kier molecular flexibility index (Phi) is 2.36. The maximum absolute atomic E-state index is 5.65. The van der Waals surface area contributed by atoms with Gasteiger partial charge < -0.3 is 5.73 Å². The van der Waals surface area contributed by atoms with Gasteiger partial charge in [0, 0.05) is 0 Å². The number of hydrogen-bond donors (Lipinski definition) is 1. The summed E-state index contributed by atoms with van der Waals surface area (Å²) < 4.78 is 0. The molecule has 1 aliphatic carbocycles. The summed E-state index contributed by atoms with van der Waals surface area (Å²) in [5.41, 5.74) is 10.2. The Morgan fingerprint density at radius 2 is 2.08 bits per heavy atom. The molecule has 70 valence electrons. The van der Waals surface area contributed by atoms with E-state index in [2.05, 4.69) is 25.1 Å². The van der Waals surface area contributed by atoms with Crippen molar-refractivity contribution in [2.75, 3.05) is 6.54 Å². The van der Waals surface area contributed by atoms with Gasteiger partial charge in [-0.15, -0.1) is 0 Å². The van der Waals surface area contributed by atoms with Crippen molar-refractivity contribution < 1.29 is 0 Å². The SMILES string of the molecule is CC(CN)c1ccc2c(c1)CCC2. The van der Waals surface area contributed by atoms with Crippen LogP contribution < -0.4 is 5.73 Å². The molecule has 0 fully saturated rings. The maximum atomic E-state index is 5.65. The van der Waals surface area contributed by atoms with Crippen LogP contribution in [0.3, 0.4) is 0 Å². The van der Waals surface area contributed by atoms with E-state index in [1.54, 1.807) is 11.1 Å². The maximum Gasteiger partial charge on any atom is -0.00109 e. The van der Waals surface area contributed by atoms with Crippen LogP contribution in [0.4, 0.5) is 0 Å². The summed E-state index contributed by atoms with van der Waals surface area (Å²) in [5.74, 6) is 0.505. The molecule has 1 aromatic rings. The van der Waals surface area contributed by atoms with Gasteiger partial charge >= 0.3 is 0 Å². The van der Waals surface area contributed by atoms with Crippen molar-refractivity contribution in [1.82, 2.24) is 0 Å². The van der Waals surface area contributed by atoms with Crippen LogP contribution in [0.25, 0.3) is 0 Å². The van der Waals surface area contributed by atoms with E-state index >= 15 is 0 Å². The lowest BCUT2D eigenvalue weighted by Gasteiger charge is -2.10. The number of hydrogen-bond acceptors (Lipinski definition) is 1. The zero-order valence-corrected chi connectivity index (χ0v) is 8.22. The first kappa shape index (κ1) is 8.76. The Hall–Kier alpha value is -0.820. The standard InChI is InChI=1S/C12H17N/c1-9(8-13)11-6-5-10-3-2-4-12(10)7-11/h5-7,9H,2-4,8,13H2,1H3. The summed E-state index contributed by atoms with van der Waals surface area (Å²) in [6.07, 6.45) is 3.86. The van der Waals surface area contributed by atoms with Gasteiger partial charge in [0.25, 0.3) is 0 Å². The van der Waals surface area contributed by atoms with Crippen LogP contribution in [0.15, 0.2) is 18.2 Å². The van der Waals surface area contributed by atoms with Crippen LogP contribution in [0.5, 0.6) is 0 Å². The molecule has 13 heavy (non-hydrogen) atoms. The quantitative estimate of drug-likeness (QED) is 0.733. The van der Waals surface area contributed by atoms with E-state index in [9.17, 15) is 0 Å². The number of nitrogens with two attached hydrogens (primary N) is 1. The molecule has 0 spiro atoms. The van der Waals surface area contributed by atoms with Crippen molar-refractivity contribution >= 4 is 0 Å². The molecule has 0 bridgehead atoms. The Morgan fingerprint density at radius 3 is 2.85 bits per heavy atom. The average Bonchev–Trinajstić information content (AvgIpc) is 2.63. The molecule has 2 N–H and O–H groups in total. The lowest BCUT2D eigenvalue weighted by atomic mass is 9.97. The molecule has 1 heteroatoms. The molecule has 1 unspecified atom stereocenters. The average molecular weight is 175 g/mol. The number of aryl methyl sites for hydroxylation is 2. The Labute approximate surface area is 80.0 Å². The zero-order chi connectivity index (χ0) is 9.26. The molecule has 0 aromatic heterocycles. The minimum absolute atomic E-state index is 0.505. The lowest BCUT2D eigenvalue weighted by Crippen LogP contribution is -2.09. The largest absolute Gasteiger partial charge is 0.330 e. The summed E-state index contributed by atoms with van der Waals surface area (Å²) in [7, 11) is 0. The van der Waals surface area contributed by atoms with Crippen molar-refractivity contribution in [3.05, 3.63) is 34.9 Å². The minimum atomic E-state index is 0.505. The van der Waals surface area contributed by atoms with Crippen LogP contribution in [-0.2, 0) is 12.8 Å². The van der Waals surface area contributed by atoms with Gasteiger partial charge in [-0.2, -0.15) is 0 Å². The van der Waals surface area contributed by atoms with E-state index < -0.39 is 0 Å². The third-order valence-corrected chi connectivity index (χ3v) is 3.05. The van der Waals surface area contributed by atoms with Crippen LogP contribution >= 0.6 is 0 Å². The summed E-state index contributed by atoms with van der Waals surface area (Å²) in [5, 5.41) is 0. The third-order valence-electron chi connectivity index (χ3n) is 3.05. The molecule has 2 rings (SSSR count). The smallest absolute Gasteiger partial charge is 0.00109 e. The van der Waals surface area contributed by atoms with Gasteiger partial charge in [0.2, 0.25) is 0 Å². The van der Waals surface area contributed by atoms with Crippen molar-refractivity contribution in [2.24, 2.45) is 5.73 Å². The molecule has 0 aliphatic heterocycles. The first-order valence-corrected chi connectivity index (χ1v) is 5.13. The second-order valence-corrected chi connectivity index (χ2v) is 4.02. The lowest BCUT2D eigenvalue weighted by molar-refractivity contribution is 0.772. The fraction of sp³-hybridized carbons (Fsp3) is 0.500. The molecule has 0 saturated carbocycles. The van der Waals surface area contributed by atoms with Crippen LogP contribution in [0, 0.1) is 0 Å². The van der Waals surface area contributed by atoms with Gasteiger partial charge in [0.15, 0.2) is 0 Å². The third kappa shape index (κ3) is 1.61.